The molecule has 0 aliphatic rings. The van der Waals surface area contributed by atoms with Crippen LogP contribution >= 0.6 is 0 Å². The quantitative estimate of drug-likeness (QED) is 0.642. The van der Waals surface area contributed by atoms with Crippen molar-refractivity contribution in [3.05, 3.63) is 65.0 Å². The molecule has 2 aromatic carbocycles. The zero-order valence-electron chi connectivity index (χ0n) is 17.3. The summed E-state index contributed by atoms with van der Waals surface area (Å²) in [6.07, 6.45) is -1.11. The summed E-state index contributed by atoms with van der Waals surface area (Å²) in [6, 6.07) is 9.98. The van der Waals surface area contributed by atoms with E-state index in [1.54, 1.807) is 26.0 Å². The number of benzene rings is 2. The van der Waals surface area contributed by atoms with Crippen molar-refractivity contribution in [3.63, 3.8) is 0 Å². The second kappa shape index (κ2) is 9.82. The predicted octanol–water partition coefficient (Wildman–Crippen LogP) is 2.64. The lowest BCUT2D eigenvalue weighted by Crippen LogP contribution is -2.37. The number of carbonyl (C=O) groups is 2. The fraction of sp³-hybridized carbons (Fsp3) is 0.333. The van der Waals surface area contributed by atoms with Crippen LogP contribution in [0.15, 0.2) is 47.4 Å². The lowest BCUT2D eigenvalue weighted by atomic mass is 10.1. The summed E-state index contributed by atoms with van der Waals surface area (Å²) in [5.41, 5.74) is 1.17. The molecule has 1 N–H and O–H groups in total. The van der Waals surface area contributed by atoms with E-state index in [0.717, 1.165) is 0 Å². The largest absolute Gasteiger partial charge is 0.449 e. The first-order valence-electron chi connectivity index (χ1n) is 9.36. The van der Waals surface area contributed by atoms with Gasteiger partial charge in [0.15, 0.2) is 6.10 Å². The van der Waals surface area contributed by atoms with Gasteiger partial charge in [0.25, 0.3) is 5.91 Å². The highest BCUT2D eigenvalue weighted by atomic mass is 32.2. The number of hydrogen-bond donors (Lipinski definition) is 1. The zero-order chi connectivity index (χ0) is 22.5. The molecule has 9 heteroatoms. The third kappa shape index (κ3) is 5.87. The summed E-state index contributed by atoms with van der Waals surface area (Å²) in [6.45, 7) is 5.07. The van der Waals surface area contributed by atoms with Gasteiger partial charge in [-0.05, 0) is 49.2 Å². The first-order valence-corrected chi connectivity index (χ1v) is 10.8. The van der Waals surface area contributed by atoms with E-state index in [4.69, 9.17) is 4.74 Å². The van der Waals surface area contributed by atoms with Gasteiger partial charge < -0.3 is 9.64 Å². The zero-order valence-corrected chi connectivity index (χ0v) is 18.1. The van der Waals surface area contributed by atoms with E-state index >= 15 is 0 Å². The fourth-order valence-electron chi connectivity index (χ4n) is 2.83. The molecule has 162 valence electrons. The number of rotatable bonds is 8. The van der Waals surface area contributed by atoms with Gasteiger partial charge in [0.2, 0.25) is 10.0 Å². The molecule has 30 heavy (non-hydrogen) atoms. The minimum atomic E-state index is -3.74. The molecule has 7 nitrogen and oxygen atoms in total. The third-order valence-corrected chi connectivity index (χ3v) is 5.93. The van der Waals surface area contributed by atoms with E-state index in [0.29, 0.717) is 11.1 Å². The molecule has 0 saturated carbocycles. The van der Waals surface area contributed by atoms with E-state index in [1.165, 1.54) is 49.2 Å². The van der Waals surface area contributed by atoms with E-state index in [1.807, 2.05) is 0 Å². The summed E-state index contributed by atoms with van der Waals surface area (Å²) in [5, 5.41) is 0. The maximum atomic E-state index is 13.3. The number of ether oxygens (including phenoxy) is 1. The van der Waals surface area contributed by atoms with Gasteiger partial charge in [-0.15, -0.1) is 0 Å². The minimum absolute atomic E-state index is 0.0569. The Labute approximate surface area is 175 Å². The first kappa shape index (κ1) is 23.5. The highest BCUT2D eigenvalue weighted by Crippen LogP contribution is 2.18. The van der Waals surface area contributed by atoms with Crippen molar-refractivity contribution in [1.29, 1.82) is 0 Å². The van der Waals surface area contributed by atoms with Gasteiger partial charge in [-0.3, -0.25) is 4.79 Å². The summed E-state index contributed by atoms with van der Waals surface area (Å²) >= 11 is 0. The molecular weight excluding hydrogens is 411 g/mol. The number of sulfonamides is 1. The molecule has 0 aliphatic heterocycles. The lowest BCUT2D eigenvalue weighted by molar-refractivity contribution is -0.139. The number of halogens is 1. The maximum Gasteiger partial charge on any atom is 0.339 e. The normalized spacial score (nSPS) is 12.3. The van der Waals surface area contributed by atoms with Crippen LogP contribution in [-0.2, 0) is 26.1 Å². The van der Waals surface area contributed by atoms with Gasteiger partial charge in [-0.25, -0.2) is 22.3 Å². The Hall–Kier alpha value is -2.78. The average molecular weight is 437 g/mol. The van der Waals surface area contributed by atoms with Crippen molar-refractivity contribution in [2.45, 2.75) is 38.3 Å². The molecule has 1 amide bonds. The van der Waals surface area contributed by atoms with Gasteiger partial charge in [0.1, 0.15) is 5.82 Å². The number of esters is 1. The minimum Gasteiger partial charge on any atom is -0.449 e. The Morgan fingerprint density at radius 3 is 2.53 bits per heavy atom. The van der Waals surface area contributed by atoms with Gasteiger partial charge in [0.05, 0.1) is 10.5 Å². The second-order valence-corrected chi connectivity index (χ2v) is 8.62. The van der Waals surface area contributed by atoms with Crippen molar-refractivity contribution in [3.8, 4) is 0 Å². The topological polar surface area (TPSA) is 92.8 Å². The molecule has 1 unspecified atom stereocenters. The molecule has 0 spiro atoms. The number of hydrogen-bond acceptors (Lipinski definition) is 5. The van der Waals surface area contributed by atoms with Crippen LogP contribution in [0.2, 0.25) is 0 Å². The van der Waals surface area contributed by atoms with E-state index in [9.17, 15) is 22.4 Å². The van der Waals surface area contributed by atoms with Gasteiger partial charge in [0, 0.05) is 20.1 Å². The highest BCUT2D eigenvalue weighted by Gasteiger charge is 2.24. The van der Waals surface area contributed by atoms with Crippen molar-refractivity contribution < 1.29 is 27.1 Å². The van der Waals surface area contributed by atoms with Crippen molar-refractivity contribution in [2.24, 2.45) is 0 Å². The van der Waals surface area contributed by atoms with Crippen molar-refractivity contribution in [2.75, 3.05) is 13.6 Å². The van der Waals surface area contributed by atoms with Crippen LogP contribution in [0.5, 0.6) is 0 Å². The van der Waals surface area contributed by atoms with Crippen LogP contribution in [0.1, 0.15) is 35.3 Å². The molecule has 0 aromatic heterocycles. The Morgan fingerprint density at radius 1 is 1.20 bits per heavy atom. The summed E-state index contributed by atoms with van der Waals surface area (Å²) in [7, 11) is -2.22. The Kier molecular flexibility index (Phi) is 7.69. The SMILES string of the molecule is CCNS(=O)(=O)c1ccc(C)c(C(=O)OC(C)C(=O)N(C)Cc2cccc(F)c2)c1. The number of nitrogens with one attached hydrogen (secondary N) is 1. The van der Waals surface area contributed by atoms with Crippen LogP contribution in [0.4, 0.5) is 4.39 Å². The van der Waals surface area contributed by atoms with Crippen molar-refractivity contribution >= 4 is 21.9 Å². The summed E-state index contributed by atoms with van der Waals surface area (Å²) in [5.74, 6) is -1.68. The second-order valence-electron chi connectivity index (χ2n) is 6.85. The number of nitrogens with zero attached hydrogens (tertiary/aromatic N) is 1. The van der Waals surface area contributed by atoms with Gasteiger partial charge in [-0.1, -0.05) is 25.1 Å². The highest BCUT2D eigenvalue weighted by molar-refractivity contribution is 7.89. The molecule has 0 radical (unpaired) electrons. The summed E-state index contributed by atoms with van der Waals surface area (Å²) < 4.78 is 45.3. The number of carbonyl (C=O) groups excluding carboxylic acids is 2. The fourth-order valence-corrected chi connectivity index (χ4v) is 3.90. The molecular formula is C21H25FN2O5S. The van der Waals surface area contributed by atoms with Gasteiger partial charge >= 0.3 is 5.97 Å². The molecule has 2 aromatic rings. The van der Waals surface area contributed by atoms with Crippen LogP contribution in [-0.4, -0.2) is 44.9 Å². The van der Waals surface area contributed by atoms with E-state index in [-0.39, 0.29) is 23.5 Å². The first-order chi connectivity index (χ1) is 14.0. The maximum absolute atomic E-state index is 13.3. The molecule has 0 fully saturated rings. The molecule has 2 rings (SSSR count). The molecule has 0 aliphatic carbocycles. The average Bonchev–Trinajstić information content (AvgIpc) is 2.67. The van der Waals surface area contributed by atoms with Crippen molar-refractivity contribution in [1.82, 2.24) is 9.62 Å². The van der Waals surface area contributed by atoms with Crippen LogP contribution in [0.25, 0.3) is 0 Å². The third-order valence-electron chi connectivity index (χ3n) is 4.39. The molecule has 0 heterocycles. The lowest BCUT2D eigenvalue weighted by Gasteiger charge is -2.22. The Balaban J connectivity index is 2.12. The number of amides is 1. The smallest absolute Gasteiger partial charge is 0.339 e. The predicted molar refractivity (Wildman–Crippen MR) is 110 cm³/mol. The Morgan fingerprint density at radius 2 is 1.90 bits per heavy atom. The number of aryl methyl sites for hydroxylation is 1. The molecule has 0 saturated heterocycles. The molecule has 0 bridgehead atoms. The van der Waals surface area contributed by atoms with Crippen LogP contribution in [0, 0.1) is 12.7 Å². The standard InChI is InChI=1S/C21H25FN2O5S/c1-5-23-30(27,28)18-10-9-14(2)19(12-18)21(26)29-15(3)20(25)24(4)13-16-7-6-8-17(22)11-16/h6-12,15,23H,5,13H2,1-4H3. The van der Waals surface area contributed by atoms with Gasteiger partial charge in [-0.2, -0.15) is 0 Å². The van der Waals surface area contributed by atoms with E-state index < -0.39 is 33.8 Å². The monoisotopic (exact) mass is 436 g/mol. The van der Waals surface area contributed by atoms with Crippen LogP contribution < -0.4 is 4.72 Å². The number of likely N-dealkylation sites (N-methyl/N-ethyl adjacent to an activating group) is 1. The Bertz CT molecular complexity index is 1040. The van der Waals surface area contributed by atoms with Crippen LogP contribution in [0.3, 0.4) is 0 Å². The molecule has 1 atom stereocenters. The summed E-state index contributed by atoms with van der Waals surface area (Å²) in [4.78, 5) is 26.4. The van der Waals surface area contributed by atoms with E-state index in [2.05, 4.69) is 4.72 Å².